The van der Waals surface area contributed by atoms with Crippen molar-refractivity contribution in [2.24, 2.45) is 0 Å². The van der Waals surface area contributed by atoms with E-state index in [1.165, 1.54) is 0 Å². The molecule has 0 fully saturated rings. The second-order valence-electron chi connectivity index (χ2n) is 2.59. The second kappa shape index (κ2) is 4.58. The first-order valence-electron chi connectivity index (χ1n) is 3.76. The number of nitrogens with zero attached hydrogens (tertiary/aromatic N) is 1. The fraction of sp³-hybridized carbons (Fsp3) is 0.333. The van der Waals surface area contributed by atoms with Crippen LogP contribution in [0.1, 0.15) is 0 Å². The number of hydrogen-bond acceptors (Lipinski definition) is 1. The first kappa shape index (κ1) is 9.69. The standard InChI is InChI=1S/C9H11Cl2N/c1-12(6-5-10)9-4-2-3-8(11)7-9/h2-4,7H,5-6H2,1H3. The summed E-state index contributed by atoms with van der Waals surface area (Å²) in [6.07, 6.45) is 0. The van der Waals surface area contributed by atoms with Gasteiger partial charge in [0, 0.05) is 30.2 Å². The molecule has 0 unspecified atom stereocenters. The molecular weight excluding hydrogens is 193 g/mol. The molecular formula is C9H11Cl2N. The molecule has 0 saturated heterocycles. The molecule has 0 aliphatic carbocycles. The topological polar surface area (TPSA) is 3.24 Å². The molecule has 12 heavy (non-hydrogen) atoms. The minimum absolute atomic E-state index is 0.628. The number of benzene rings is 1. The van der Waals surface area contributed by atoms with E-state index in [0.717, 1.165) is 17.3 Å². The van der Waals surface area contributed by atoms with E-state index in [2.05, 4.69) is 4.90 Å². The molecule has 1 rings (SSSR count). The summed E-state index contributed by atoms with van der Waals surface area (Å²) in [4.78, 5) is 2.07. The highest BCUT2D eigenvalue weighted by atomic mass is 35.5. The van der Waals surface area contributed by atoms with E-state index in [-0.39, 0.29) is 0 Å². The summed E-state index contributed by atoms with van der Waals surface area (Å²) in [6.45, 7) is 0.835. The molecule has 0 bridgehead atoms. The van der Waals surface area contributed by atoms with Crippen molar-refractivity contribution in [2.45, 2.75) is 0 Å². The van der Waals surface area contributed by atoms with Gasteiger partial charge < -0.3 is 4.90 Å². The summed E-state index contributed by atoms with van der Waals surface area (Å²) in [5, 5.41) is 0.758. The van der Waals surface area contributed by atoms with Crippen molar-refractivity contribution in [3.63, 3.8) is 0 Å². The van der Waals surface area contributed by atoms with E-state index in [0.29, 0.717) is 5.88 Å². The van der Waals surface area contributed by atoms with Crippen molar-refractivity contribution in [2.75, 3.05) is 24.4 Å². The first-order valence-corrected chi connectivity index (χ1v) is 4.68. The second-order valence-corrected chi connectivity index (χ2v) is 3.40. The number of halogens is 2. The molecule has 0 aliphatic rings. The summed E-state index contributed by atoms with van der Waals surface area (Å²) in [6, 6.07) is 7.73. The van der Waals surface area contributed by atoms with E-state index in [1.54, 1.807) is 0 Å². The van der Waals surface area contributed by atoms with Crippen molar-refractivity contribution in [3.8, 4) is 0 Å². The average molecular weight is 204 g/mol. The summed E-state index contributed by atoms with van der Waals surface area (Å²) >= 11 is 11.4. The van der Waals surface area contributed by atoms with Crippen LogP contribution in [0.5, 0.6) is 0 Å². The Labute approximate surface area is 82.9 Å². The monoisotopic (exact) mass is 203 g/mol. The maximum atomic E-state index is 5.83. The highest BCUT2D eigenvalue weighted by molar-refractivity contribution is 6.30. The minimum atomic E-state index is 0.628. The molecule has 66 valence electrons. The predicted octanol–water partition coefficient (Wildman–Crippen LogP) is 3.02. The lowest BCUT2D eigenvalue weighted by molar-refractivity contribution is 0.974. The Hall–Kier alpha value is -0.400. The van der Waals surface area contributed by atoms with Crippen LogP contribution in [0.15, 0.2) is 24.3 Å². The Bertz CT molecular complexity index is 250. The Morgan fingerprint density at radius 2 is 2.17 bits per heavy atom. The fourth-order valence-corrected chi connectivity index (χ4v) is 1.41. The first-order chi connectivity index (χ1) is 5.74. The third-order valence-electron chi connectivity index (χ3n) is 1.67. The molecule has 0 aliphatic heterocycles. The smallest absolute Gasteiger partial charge is 0.0426 e. The van der Waals surface area contributed by atoms with Gasteiger partial charge in [-0.25, -0.2) is 0 Å². The lowest BCUT2D eigenvalue weighted by atomic mass is 10.3. The Morgan fingerprint density at radius 3 is 2.75 bits per heavy atom. The number of anilines is 1. The highest BCUT2D eigenvalue weighted by Gasteiger charge is 1.98. The Morgan fingerprint density at radius 1 is 1.42 bits per heavy atom. The molecule has 1 aromatic carbocycles. The molecule has 0 aromatic heterocycles. The van der Waals surface area contributed by atoms with Crippen molar-refractivity contribution < 1.29 is 0 Å². The zero-order chi connectivity index (χ0) is 8.97. The van der Waals surface area contributed by atoms with Gasteiger partial charge in [0.15, 0.2) is 0 Å². The van der Waals surface area contributed by atoms with E-state index >= 15 is 0 Å². The molecule has 0 saturated carbocycles. The van der Waals surface area contributed by atoms with Gasteiger partial charge in [-0.2, -0.15) is 0 Å². The van der Waals surface area contributed by atoms with Gasteiger partial charge >= 0.3 is 0 Å². The molecule has 1 aromatic rings. The normalized spacial score (nSPS) is 9.92. The number of rotatable bonds is 3. The Balaban J connectivity index is 2.73. The van der Waals surface area contributed by atoms with E-state index in [4.69, 9.17) is 23.2 Å². The van der Waals surface area contributed by atoms with E-state index < -0.39 is 0 Å². The lowest BCUT2D eigenvalue weighted by Gasteiger charge is -2.17. The van der Waals surface area contributed by atoms with Crippen LogP contribution in [-0.2, 0) is 0 Å². The minimum Gasteiger partial charge on any atom is -0.373 e. The van der Waals surface area contributed by atoms with Gasteiger partial charge in [-0.05, 0) is 18.2 Å². The quantitative estimate of drug-likeness (QED) is 0.684. The average Bonchev–Trinajstić information content (AvgIpc) is 2.05. The summed E-state index contributed by atoms with van der Waals surface area (Å²) in [5.41, 5.74) is 1.10. The van der Waals surface area contributed by atoms with Crippen LogP contribution in [0.2, 0.25) is 5.02 Å². The number of alkyl halides is 1. The predicted molar refractivity (Wildman–Crippen MR) is 55.4 cm³/mol. The molecule has 0 spiro atoms. The van der Waals surface area contributed by atoms with Crippen molar-refractivity contribution in [3.05, 3.63) is 29.3 Å². The maximum absolute atomic E-state index is 5.83. The molecule has 0 heterocycles. The SMILES string of the molecule is CN(CCCl)c1cccc(Cl)c1. The zero-order valence-corrected chi connectivity index (χ0v) is 8.44. The lowest BCUT2D eigenvalue weighted by Crippen LogP contribution is -2.19. The van der Waals surface area contributed by atoms with Gasteiger partial charge in [0.2, 0.25) is 0 Å². The van der Waals surface area contributed by atoms with Crippen molar-refractivity contribution >= 4 is 28.9 Å². The van der Waals surface area contributed by atoms with E-state index in [9.17, 15) is 0 Å². The number of hydrogen-bond donors (Lipinski definition) is 0. The van der Waals surface area contributed by atoms with Crippen molar-refractivity contribution in [1.82, 2.24) is 0 Å². The molecule has 1 nitrogen and oxygen atoms in total. The van der Waals surface area contributed by atoms with Gasteiger partial charge in [-0.3, -0.25) is 0 Å². The maximum Gasteiger partial charge on any atom is 0.0426 e. The third-order valence-corrected chi connectivity index (χ3v) is 2.07. The largest absolute Gasteiger partial charge is 0.373 e. The van der Waals surface area contributed by atoms with Crippen LogP contribution in [0.3, 0.4) is 0 Å². The summed E-state index contributed by atoms with van der Waals surface area (Å²) in [7, 11) is 1.99. The van der Waals surface area contributed by atoms with E-state index in [1.807, 2.05) is 31.3 Å². The van der Waals surface area contributed by atoms with Gasteiger partial charge in [0.05, 0.1) is 0 Å². The molecule has 3 heteroatoms. The Kier molecular flexibility index (Phi) is 3.70. The van der Waals surface area contributed by atoms with Crippen LogP contribution < -0.4 is 4.90 Å². The van der Waals surface area contributed by atoms with Gasteiger partial charge in [0.25, 0.3) is 0 Å². The molecule has 0 atom stereocenters. The summed E-state index contributed by atoms with van der Waals surface area (Å²) in [5.74, 6) is 0.628. The summed E-state index contributed by atoms with van der Waals surface area (Å²) < 4.78 is 0. The van der Waals surface area contributed by atoms with Gasteiger partial charge in [0.1, 0.15) is 0 Å². The fourth-order valence-electron chi connectivity index (χ4n) is 0.969. The molecule has 0 N–H and O–H groups in total. The van der Waals surface area contributed by atoms with Crippen LogP contribution in [0, 0.1) is 0 Å². The van der Waals surface area contributed by atoms with Crippen LogP contribution in [0.4, 0.5) is 5.69 Å². The van der Waals surface area contributed by atoms with Gasteiger partial charge in [-0.15, -0.1) is 11.6 Å². The zero-order valence-electron chi connectivity index (χ0n) is 6.93. The van der Waals surface area contributed by atoms with Gasteiger partial charge in [-0.1, -0.05) is 17.7 Å². The van der Waals surface area contributed by atoms with Crippen LogP contribution >= 0.6 is 23.2 Å². The molecule has 0 amide bonds. The van der Waals surface area contributed by atoms with Crippen molar-refractivity contribution in [1.29, 1.82) is 0 Å². The van der Waals surface area contributed by atoms with Crippen LogP contribution in [-0.4, -0.2) is 19.5 Å². The van der Waals surface area contributed by atoms with Crippen LogP contribution in [0.25, 0.3) is 0 Å². The highest BCUT2D eigenvalue weighted by Crippen LogP contribution is 2.17. The third kappa shape index (κ3) is 2.58. The molecule has 0 radical (unpaired) electrons.